The normalized spacial score (nSPS) is 7.73. The minimum atomic E-state index is 0.671. The molecule has 0 saturated carbocycles. The molecule has 0 bridgehead atoms. The van der Waals surface area contributed by atoms with Crippen molar-refractivity contribution in [2.24, 2.45) is 5.73 Å². The van der Waals surface area contributed by atoms with E-state index >= 15 is 0 Å². The van der Waals surface area contributed by atoms with Gasteiger partial charge in [-0.2, -0.15) is 0 Å². The van der Waals surface area contributed by atoms with Gasteiger partial charge in [0.15, 0.2) is 0 Å². The number of rotatable bonds is 2. The zero-order valence-electron chi connectivity index (χ0n) is 5.94. The lowest BCUT2D eigenvalue weighted by Gasteiger charge is -1.85. The highest BCUT2D eigenvalue weighted by atomic mass is 15.0. The summed E-state index contributed by atoms with van der Waals surface area (Å²) in [4.78, 5) is 8.32. The monoisotopic (exact) mass is 153 g/mol. The molecule has 1 rings (SSSR count). The largest absolute Gasteiger partial charge is 0.373 e. The van der Waals surface area contributed by atoms with Crippen molar-refractivity contribution in [1.82, 2.24) is 9.97 Å². The fourth-order valence-electron chi connectivity index (χ4n) is 0.576. The van der Waals surface area contributed by atoms with Crippen LogP contribution in [-0.2, 0) is 6.42 Å². The van der Waals surface area contributed by atoms with E-state index in [0.717, 1.165) is 12.1 Å². The predicted octanol–water partition coefficient (Wildman–Crippen LogP) is 0.777. The average Bonchev–Trinajstić information content (AvgIpc) is 2.42. The van der Waals surface area contributed by atoms with Crippen molar-refractivity contribution >= 4 is 0 Å². The lowest BCUT2D eigenvalue weighted by Crippen LogP contribution is -2.02. The highest BCUT2D eigenvalue weighted by Gasteiger charge is 1.87. The Hall–Kier alpha value is -1.52. The molecule has 0 aliphatic rings. The quantitative estimate of drug-likeness (QED) is 0.371. The highest BCUT2D eigenvalue weighted by molar-refractivity contribution is 4.93. The Morgan fingerprint density at radius 3 is 2.64 bits per heavy atom. The van der Waals surface area contributed by atoms with Gasteiger partial charge in [-0.1, -0.05) is 0 Å². The molecule has 1 aromatic heterocycles. The van der Waals surface area contributed by atoms with Crippen molar-refractivity contribution in [3.05, 3.63) is 34.2 Å². The Bertz CT molecular complexity index is 197. The Kier molecular flexibility index (Phi) is 5.69. The molecule has 0 saturated heterocycles. The van der Waals surface area contributed by atoms with Crippen LogP contribution in [0.2, 0.25) is 0 Å². The van der Waals surface area contributed by atoms with Crippen LogP contribution >= 0.6 is 0 Å². The van der Waals surface area contributed by atoms with Gasteiger partial charge in [-0.05, 0) is 6.54 Å². The molecule has 6 nitrogen and oxygen atoms in total. The fourth-order valence-corrected chi connectivity index (χ4v) is 0.576. The van der Waals surface area contributed by atoms with Crippen molar-refractivity contribution < 1.29 is 0 Å². The number of aromatic amines is 1. The fraction of sp³-hybridized carbons (Fsp3) is 0.400. The first kappa shape index (κ1) is 9.48. The van der Waals surface area contributed by atoms with Crippen LogP contribution in [0.4, 0.5) is 0 Å². The molecule has 0 fully saturated rings. The van der Waals surface area contributed by atoms with Gasteiger partial charge in [0.25, 0.3) is 0 Å². The van der Waals surface area contributed by atoms with Gasteiger partial charge >= 0.3 is 0 Å². The first-order valence-electron chi connectivity index (χ1n) is 3.01. The summed E-state index contributed by atoms with van der Waals surface area (Å²) in [6.07, 6.45) is 4.38. The van der Waals surface area contributed by atoms with E-state index < -0.39 is 0 Å². The van der Waals surface area contributed by atoms with Gasteiger partial charge in [0.05, 0.1) is 12.0 Å². The second kappa shape index (κ2) is 6.60. The average molecular weight is 153 g/mol. The molecule has 0 aliphatic heterocycles. The number of nitrogens with two attached hydrogens (primary N) is 1. The maximum absolute atomic E-state index is 6.75. The van der Waals surface area contributed by atoms with Crippen LogP contribution in [0.25, 0.3) is 16.0 Å². The number of nitrogens with zero attached hydrogens (tertiary/aromatic N) is 4. The van der Waals surface area contributed by atoms with Gasteiger partial charge in [-0.3, -0.25) is 4.91 Å². The van der Waals surface area contributed by atoms with Crippen LogP contribution in [0.5, 0.6) is 0 Å². The van der Waals surface area contributed by atoms with Crippen molar-refractivity contribution in [3.63, 3.8) is 0 Å². The van der Waals surface area contributed by atoms with Gasteiger partial charge in [0.1, 0.15) is 0 Å². The Morgan fingerprint density at radius 1 is 1.64 bits per heavy atom. The number of imidazole rings is 1. The predicted molar refractivity (Wildman–Crippen MR) is 41.4 cm³/mol. The smallest absolute Gasteiger partial charge is 0.0923 e. The standard InChI is InChI=1S/C5H9N3.N3/c6-2-1-5-3-7-4-8-5;1-3-2/h3-4H,1-2,6H2,(H,7,8);/q;-1. The van der Waals surface area contributed by atoms with Gasteiger partial charge in [0, 0.05) is 12.6 Å². The summed E-state index contributed by atoms with van der Waals surface area (Å²) < 4.78 is 0. The van der Waals surface area contributed by atoms with E-state index in [4.69, 9.17) is 16.8 Å². The molecule has 6 heteroatoms. The molecule has 0 atom stereocenters. The number of nitrogens with one attached hydrogen (secondary N) is 1. The highest BCUT2D eigenvalue weighted by Crippen LogP contribution is 1.88. The summed E-state index contributed by atoms with van der Waals surface area (Å²) in [5.74, 6) is 0. The first-order chi connectivity index (χ1) is 5.35. The summed E-state index contributed by atoms with van der Waals surface area (Å²) in [7, 11) is 0. The number of aromatic nitrogens is 2. The number of H-pyrrole nitrogens is 1. The van der Waals surface area contributed by atoms with Crippen LogP contribution in [0.1, 0.15) is 5.69 Å². The van der Waals surface area contributed by atoms with Crippen molar-refractivity contribution in [2.45, 2.75) is 6.42 Å². The van der Waals surface area contributed by atoms with E-state index in [1.165, 1.54) is 4.91 Å². The third kappa shape index (κ3) is 4.95. The Balaban J connectivity index is 0.000000292. The molecule has 0 radical (unpaired) electrons. The van der Waals surface area contributed by atoms with E-state index in [1.807, 2.05) is 6.20 Å². The summed E-state index contributed by atoms with van der Waals surface area (Å²) >= 11 is 0. The molecule has 3 N–H and O–H groups in total. The first-order valence-corrected chi connectivity index (χ1v) is 3.01. The Labute approximate surface area is 63.9 Å². The molecule has 0 amide bonds. The topological polar surface area (TPSA) is 113 Å². The van der Waals surface area contributed by atoms with Crippen molar-refractivity contribution in [2.75, 3.05) is 6.54 Å². The van der Waals surface area contributed by atoms with Crippen LogP contribution in [0.15, 0.2) is 12.5 Å². The number of hydrogen-bond acceptors (Lipinski definition) is 2. The minimum absolute atomic E-state index is 0.671. The summed E-state index contributed by atoms with van der Waals surface area (Å²) in [5, 5.41) is 0. The number of hydrogen-bond donors (Lipinski definition) is 2. The zero-order chi connectivity index (χ0) is 8.53. The second-order valence-corrected chi connectivity index (χ2v) is 1.69. The summed E-state index contributed by atoms with van der Waals surface area (Å²) in [6, 6.07) is 0. The summed E-state index contributed by atoms with van der Waals surface area (Å²) in [6.45, 7) is 0.671. The van der Waals surface area contributed by atoms with Crippen molar-refractivity contribution in [3.8, 4) is 0 Å². The maximum atomic E-state index is 6.75. The van der Waals surface area contributed by atoms with Crippen LogP contribution in [0, 0.1) is 0 Å². The van der Waals surface area contributed by atoms with Gasteiger partial charge < -0.3 is 21.8 Å². The summed E-state index contributed by atoms with van der Waals surface area (Å²) in [5.41, 5.74) is 19.8. The lowest BCUT2D eigenvalue weighted by atomic mass is 10.3. The molecule has 1 aromatic rings. The van der Waals surface area contributed by atoms with Crippen LogP contribution in [0.3, 0.4) is 0 Å². The van der Waals surface area contributed by atoms with Gasteiger partial charge in [0.2, 0.25) is 0 Å². The molecule has 0 aliphatic carbocycles. The van der Waals surface area contributed by atoms with E-state index in [2.05, 4.69) is 9.97 Å². The minimum Gasteiger partial charge on any atom is -0.373 e. The molecular formula is C5H9N6-. The molecule has 0 spiro atoms. The van der Waals surface area contributed by atoms with E-state index in [0.29, 0.717) is 6.54 Å². The maximum Gasteiger partial charge on any atom is 0.0923 e. The third-order valence-electron chi connectivity index (χ3n) is 0.955. The molecule has 11 heavy (non-hydrogen) atoms. The van der Waals surface area contributed by atoms with E-state index in [9.17, 15) is 0 Å². The van der Waals surface area contributed by atoms with Crippen LogP contribution in [-0.4, -0.2) is 16.5 Å². The van der Waals surface area contributed by atoms with E-state index in [1.54, 1.807) is 6.33 Å². The van der Waals surface area contributed by atoms with Crippen molar-refractivity contribution in [1.29, 1.82) is 0 Å². The second-order valence-electron chi connectivity index (χ2n) is 1.69. The van der Waals surface area contributed by atoms with Gasteiger partial charge in [-0.25, -0.2) is 4.98 Å². The van der Waals surface area contributed by atoms with E-state index in [-0.39, 0.29) is 0 Å². The lowest BCUT2D eigenvalue weighted by molar-refractivity contribution is 0.935. The Morgan fingerprint density at radius 2 is 2.27 bits per heavy atom. The third-order valence-corrected chi connectivity index (χ3v) is 0.955. The molecule has 0 aromatic carbocycles. The molecular weight excluding hydrogens is 144 g/mol. The zero-order valence-corrected chi connectivity index (χ0v) is 5.94. The molecule has 60 valence electrons. The molecule has 0 unspecified atom stereocenters. The van der Waals surface area contributed by atoms with Crippen LogP contribution < -0.4 is 5.73 Å². The SMILES string of the molecule is NCCc1c[nH]cn1.[N-]=[N+]=[N-]. The van der Waals surface area contributed by atoms with Gasteiger partial charge in [-0.15, -0.1) is 0 Å². The molecule has 1 heterocycles.